The van der Waals surface area contributed by atoms with Gasteiger partial charge in [-0.05, 0) is 37.2 Å². The fourth-order valence-electron chi connectivity index (χ4n) is 2.54. The summed E-state index contributed by atoms with van der Waals surface area (Å²) in [6.07, 6.45) is 7.97. The Labute approximate surface area is 115 Å². The topological polar surface area (TPSA) is 15.3 Å². The highest BCUT2D eigenvalue weighted by Gasteiger charge is 2.18. The van der Waals surface area contributed by atoms with Crippen LogP contribution in [0.15, 0.2) is 30.3 Å². The second-order valence-electron chi connectivity index (χ2n) is 5.05. The molecular weight excluding hydrogens is 240 g/mol. The van der Waals surface area contributed by atoms with Crippen molar-refractivity contribution in [3.63, 3.8) is 0 Å². The third-order valence-electron chi connectivity index (χ3n) is 3.72. The highest BCUT2D eigenvalue weighted by atomic mass is 32.1. The van der Waals surface area contributed by atoms with Crippen molar-refractivity contribution >= 4 is 23.0 Å². The first kappa shape index (κ1) is 13.3. The van der Waals surface area contributed by atoms with Crippen molar-refractivity contribution in [3.05, 3.63) is 30.3 Å². The monoisotopic (exact) mass is 262 g/mol. The van der Waals surface area contributed by atoms with Crippen LogP contribution >= 0.6 is 12.2 Å². The van der Waals surface area contributed by atoms with Crippen molar-refractivity contribution in [2.45, 2.75) is 44.6 Å². The van der Waals surface area contributed by atoms with Gasteiger partial charge in [-0.25, -0.2) is 0 Å². The van der Waals surface area contributed by atoms with Crippen molar-refractivity contribution in [1.29, 1.82) is 0 Å². The fraction of sp³-hybridized carbons (Fsp3) is 0.533. The third-order valence-corrected chi connectivity index (χ3v) is 4.11. The highest BCUT2D eigenvalue weighted by molar-refractivity contribution is 7.80. The van der Waals surface area contributed by atoms with E-state index >= 15 is 0 Å². The van der Waals surface area contributed by atoms with Gasteiger partial charge in [-0.2, -0.15) is 0 Å². The molecule has 0 spiro atoms. The van der Waals surface area contributed by atoms with Crippen molar-refractivity contribution in [2.75, 3.05) is 12.4 Å². The lowest BCUT2D eigenvalue weighted by molar-refractivity contribution is 0.334. The van der Waals surface area contributed by atoms with Crippen LogP contribution in [-0.4, -0.2) is 23.1 Å². The molecule has 1 aliphatic carbocycles. The fourth-order valence-corrected chi connectivity index (χ4v) is 2.81. The predicted octanol–water partition coefficient (Wildman–Crippen LogP) is 4.04. The van der Waals surface area contributed by atoms with Crippen LogP contribution in [0.5, 0.6) is 0 Å². The Bertz CT molecular complexity index is 369. The lowest BCUT2D eigenvalue weighted by Gasteiger charge is -2.29. The summed E-state index contributed by atoms with van der Waals surface area (Å²) in [4.78, 5) is 2.24. The van der Waals surface area contributed by atoms with Gasteiger partial charge in [0, 0.05) is 18.8 Å². The molecule has 18 heavy (non-hydrogen) atoms. The summed E-state index contributed by atoms with van der Waals surface area (Å²) in [5.41, 5.74) is 1.07. The number of hydrogen-bond acceptors (Lipinski definition) is 1. The van der Waals surface area contributed by atoms with Crippen LogP contribution in [0.3, 0.4) is 0 Å². The SMILES string of the molecule is CN(C(=S)Nc1ccccc1)C1CCCCCC1. The van der Waals surface area contributed by atoms with E-state index in [2.05, 4.69) is 17.3 Å². The number of benzene rings is 1. The molecule has 0 heterocycles. The maximum atomic E-state index is 5.50. The maximum Gasteiger partial charge on any atom is 0.173 e. The van der Waals surface area contributed by atoms with E-state index in [4.69, 9.17) is 12.2 Å². The molecule has 1 saturated carbocycles. The molecule has 0 unspecified atom stereocenters. The Morgan fingerprint density at radius 3 is 2.33 bits per heavy atom. The van der Waals surface area contributed by atoms with E-state index in [1.165, 1.54) is 38.5 Å². The standard InChI is InChI=1S/C15H22N2S/c1-17(14-11-7-2-3-8-12-14)15(18)16-13-9-5-4-6-10-13/h4-6,9-10,14H,2-3,7-8,11-12H2,1H3,(H,16,18). The van der Waals surface area contributed by atoms with Crippen LogP contribution in [0, 0.1) is 0 Å². The van der Waals surface area contributed by atoms with Crippen LogP contribution in [0.2, 0.25) is 0 Å². The van der Waals surface area contributed by atoms with Gasteiger partial charge in [-0.15, -0.1) is 0 Å². The van der Waals surface area contributed by atoms with E-state index in [9.17, 15) is 0 Å². The molecule has 0 saturated heterocycles. The third kappa shape index (κ3) is 3.70. The van der Waals surface area contributed by atoms with Crippen LogP contribution in [0.4, 0.5) is 5.69 Å². The Balaban J connectivity index is 1.91. The number of anilines is 1. The molecule has 1 aromatic carbocycles. The van der Waals surface area contributed by atoms with Gasteiger partial charge in [0.05, 0.1) is 0 Å². The Hall–Kier alpha value is -1.09. The van der Waals surface area contributed by atoms with Crippen LogP contribution in [0.1, 0.15) is 38.5 Å². The van der Waals surface area contributed by atoms with E-state index in [-0.39, 0.29) is 0 Å². The molecule has 0 atom stereocenters. The molecule has 0 radical (unpaired) electrons. The molecule has 1 N–H and O–H groups in total. The molecule has 0 aromatic heterocycles. The first-order valence-electron chi connectivity index (χ1n) is 6.86. The Kier molecular flexibility index (Phi) is 5.00. The van der Waals surface area contributed by atoms with Crippen molar-refractivity contribution < 1.29 is 0 Å². The number of thiocarbonyl (C=S) groups is 1. The predicted molar refractivity (Wildman–Crippen MR) is 81.9 cm³/mol. The van der Waals surface area contributed by atoms with E-state index in [1.54, 1.807) is 0 Å². The average Bonchev–Trinajstić information content (AvgIpc) is 2.68. The van der Waals surface area contributed by atoms with E-state index in [0.29, 0.717) is 6.04 Å². The van der Waals surface area contributed by atoms with Crippen molar-refractivity contribution in [3.8, 4) is 0 Å². The summed E-state index contributed by atoms with van der Waals surface area (Å²) < 4.78 is 0. The number of rotatable bonds is 2. The first-order chi connectivity index (χ1) is 8.77. The van der Waals surface area contributed by atoms with Gasteiger partial charge in [0.2, 0.25) is 0 Å². The number of nitrogens with zero attached hydrogens (tertiary/aromatic N) is 1. The van der Waals surface area contributed by atoms with Crippen molar-refractivity contribution in [2.24, 2.45) is 0 Å². The summed E-state index contributed by atoms with van der Waals surface area (Å²) in [6, 6.07) is 10.8. The molecule has 0 bridgehead atoms. The molecule has 1 aliphatic rings. The molecule has 0 aliphatic heterocycles. The largest absolute Gasteiger partial charge is 0.349 e. The summed E-state index contributed by atoms with van der Waals surface area (Å²) in [6.45, 7) is 0. The summed E-state index contributed by atoms with van der Waals surface area (Å²) in [7, 11) is 2.12. The van der Waals surface area contributed by atoms with E-state index in [1.807, 2.05) is 30.3 Å². The van der Waals surface area contributed by atoms with Crippen molar-refractivity contribution in [1.82, 2.24) is 4.90 Å². The average molecular weight is 262 g/mol. The molecule has 1 fully saturated rings. The summed E-state index contributed by atoms with van der Waals surface area (Å²) in [5, 5.41) is 4.16. The molecule has 2 rings (SSSR count). The summed E-state index contributed by atoms with van der Waals surface area (Å²) in [5.74, 6) is 0. The molecule has 2 nitrogen and oxygen atoms in total. The zero-order chi connectivity index (χ0) is 12.8. The Morgan fingerprint density at radius 2 is 1.72 bits per heavy atom. The highest BCUT2D eigenvalue weighted by Crippen LogP contribution is 2.21. The van der Waals surface area contributed by atoms with E-state index in [0.717, 1.165) is 10.8 Å². The van der Waals surface area contributed by atoms with Gasteiger partial charge in [0.1, 0.15) is 0 Å². The number of hydrogen-bond donors (Lipinski definition) is 1. The zero-order valence-electron chi connectivity index (χ0n) is 11.1. The van der Waals surface area contributed by atoms with E-state index < -0.39 is 0 Å². The second kappa shape index (κ2) is 6.74. The summed E-state index contributed by atoms with van der Waals surface area (Å²) >= 11 is 5.50. The van der Waals surface area contributed by atoms with Crippen LogP contribution < -0.4 is 5.32 Å². The first-order valence-corrected chi connectivity index (χ1v) is 7.27. The number of nitrogens with one attached hydrogen (secondary N) is 1. The minimum Gasteiger partial charge on any atom is -0.349 e. The Morgan fingerprint density at radius 1 is 1.11 bits per heavy atom. The minimum atomic E-state index is 0.608. The van der Waals surface area contributed by atoms with Gasteiger partial charge in [0.15, 0.2) is 5.11 Å². The lowest BCUT2D eigenvalue weighted by atomic mass is 10.1. The minimum absolute atomic E-state index is 0.608. The van der Waals surface area contributed by atoms with Gasteiger partial charge >= 0.3 is 0 Å². The van der Waals surface area contributed by atoms with Crippen LogP contribution in [-0.2, 0) is 0 Å². The second-order valence-corrected chi connectivity index (χ2v) is 5.44. The molecular formula is C15H22N2S. The van der Waals surface area contributed by atoms with Crippen LogP contribution in [0.25, 0.3) is 0 Å². The molecule has 3 heteroatoms. The lowest BCUT2D eigenvalue weighted by Crippen LogP contribution is -2.39. The van der Waals surface area contributed by atoms with Gasteiger partial charge in [-0.1, -0.05) is 43.9 Å². The van der Waals surface area contributed by atoms with Gasteiger partial charge in [-0.3, -0.25) is 0 Å². The smallest absolute Gasteiger partial charge is 0.173 e. The maximum absolute atomic E-state index is 5.50. The molecule has 0 amide bonds. The normalized spacial score (nSPS) is 16.9. The number of para-hydroxylation sites is 1. The van der Waals surface area contributed by atoms with Gasteiger partial charge in [0.25, 0.3) is 0 Å². The molecule has 1 aromatic rings. The zero-order valence-corrected chi connectivity index (χ0v) is 11.9. The molecule has 98 valence electrons. The quantitative estimate of drug-likeness (QED) is 0.639. The van der Waals surface area contributed by atoms with Gasteiger partial charge < -0.3 is 10.2 Å².